The van der Waals surface area contributed by atoms with Crippen LogP contribution in [0.1, 0.15) is 39.3 Å². The van der Waals surface area contributed by atoms with Crippen molar-refractivity contribution in [3.63, 3.8) is 0 Å². The van der Waals surface area contributed by atoms with Crippen molar-refractivity contribution in [2.75, 3.05) is 30.9 Å². The number of ether oxygens (including phenoxy) is 1. The van der Waals surface area contributed by atoms with Gasteiger partial charge in [-0.15, -0.1) is 0 Å². The number of nitrogens with zero attached hydrogens (tertiary/aromatic N) is 3. The molecule has 2 heterocycles. The molecule has 13 heteroatoms. The lowest BCUT2D eigenvalue weighted by Gasteiger charge is -2.21. The van der Waals surface area contributed by atoms with E-state index in [0.29, 0.717) is 39.5 Å². The fourth-order valence-electron chi connectivity index (χ4n) is 5.18. The first-order chi connectivity index (χ1) is 24.0. The van der Waals surface area contributed by atoms with E-state index in [9.17, 15) is 18.8 Å². The van der Waals surface area contributed by atoms with Gasteiger partial charge in [-0.2, -0.15) is 0 Å². The van der Waals surface area contributed by atoms with Gasteiger partial charge >= 0.3 is 0 Å². The maximum absolute atomic E-state index is 14.2. The maximum atomic E-state index is 14.2. The number of carbonyl (C=O) groups is 3. The van der Waals surface area contributed by atoms with Gasteiger partial charge in [0.15, 0.2) is 0 Å². The van der Waals surface area contributed by atoms with Crippen molar-refractivity contribution in [1.29, 1.82) is 0 Å². The number of likely N-dealkylation sites (N-methyl/N-ethyl adjacent to an activating group) is 1. The largest absolute Gasteiger partial charge is 0.487 e. The van der Waals surface area contributed by atoms with Crippen LogP contribution in [-0.2, 0) is 29.2 Å². The standard InChI is InChI=1S/C37H35Cl2FN6O4/c1-22-17-30(43-19-24-7-4-5-9-28(24)40)25-8-6-10-32(36(25)45-22)50-21-26-27(38)13-15-31(35(26)39)46(3)34(48)20-44-33(47)16-12-23-11-14-29(42-18-23)37(49)41-2/h4-11,13-15,17-18H,12,16,19-21H2,1-3H3,(H,41,49)(H,43,45)(H,44,47). The normalized spacial score (nSPS) is 10.8. The van der Waals surface area contributed by atoms with Crippen molar-refractivity contribution < 1.29 is 23.5 Å². The second kappa shape index (κ2) is 16.4. The van der Waals surface area contributed by atoms with Crippen LogP contribution in [-0.4, -0.2) is 48.3 Å². The number of para-hydroxylation sites is 1. The molecule has 5 aromatic rings. The number of aryl methyl sites for hydroxylation is 2. The first kappa shape index (κ1) is 36.0. The molecule has 3 amide bonds. The quantitative estimate of drug-likeness (QED) is 0.125. The SMILES string of the molecule is CNC(=O)c1ccc(CCC(=O)NCC(=O)N(C)c2ccc(Cl)c(COc3cccc4c(NCc5ccccc5F)cc(C)nc34)c2Cl)cn1. The summed E-state index contributed by atoms with van der Waals surface area (Å²) in [5.74, 6) is -0.804. The van der Waals surface area contributed by atoms with Crippen LogP contribution in [0.3, 0.4) is 0 Å². The van der Waals surface area contributed by atoms with Gasteiger partial charge in [0.05, 0.1) is 17.3 Å². The number of amides is 3. The number of nitrogens with one attached hydrogen (secondary N) is 3. The molecule has 50 heavy (non-hydrogen) atoms. The Morgan fingerprint density at radius 2 is 1.80 bits per heavy atom. The van der Waals surface area contributed by atoms with Gasteiger partial charge in [0.2, 0.25) is 11.8 Å². The molecular weight excluding hydrogens is 682 g/mol. The number of fused-ring (bicyclic) bond motifs is 1. The Morgan fingerprint density at radius 3 is 2.54 bits per heavy atom. The Morgan fingerprint density at radius 1 is 1.00 bits per heavy atom. The Hall–Kier alpha value is -5.26. The van der Waals surface area contributed by atoms with Crippen LogP contribution in [0.5, 0.6) is 5.75 Å². The molecule has 0 unspecified atom stereocenters. The molecule has 0 aliphatic carbocycles. The van der Waals surface area contributed by atoms with E-state index in [0.717, 1.165) is 22.3 Å². The average Bonchev–Trinajstić information content (AvgIpc) is 3.12. The van der Waals surface area contributed by atoms with Crippen molar-refractivity contribution >= 4 is 63.2 Å². The minimum atomic E-state index is -0.393. The van der Waals surface area contributed by atoms with Crippen LogP contribution in [0.2, 0.25) is 10.0 Å². The van der Waals surface area contributed by atoms with Crippen molar-refractivity contribution in [2.24, 2.45) is 0 Å². The lowest BCUT2D eigenvalue weighted by Crippen LogP contribution is -2.38. The zero-order valence-electron chi connectivity index (χ0n) is 27.6. The summed E-state index contributed by atoms with van der Waals surface area (Å²) in [6.45, 7) is 1.89. The van der Waals surface area contributed by atoms with Crippen LogP contribution in [0.15, 0.2) is 79.0 Å². The molecule has 0 bridgehead atoms. The highest BCUT2D eigenvalue weighted by Crippen LogP contribution is 2.36. The maximum Gasteiger partial charge on any atom is 0.269 e. The van der Waals surface area contributed by atoms with Gasteiger partial charge in [0.25, 0.3) is 5.91 Å². The second-order valence-corrected chi connectivity index (χ2v) is 12.2. The minimum Gasteiger partial charge on any atom is -0.487 e. The second-order valence-electron chi connectivity index (χ2n) is 11.4. The summed E-state index contributed by atoms with van der Waals surface area (Å²) in [6, 6.07) is 20.6. The molecule has 2 aromatic heterocycles. The van der Waals surface area contributed by atoms with Crippen molar-refractivity contribution in [1.82, 2.24) is 20.6 Å². The number of benzene rings is 3. The van der Waals surface area contributed by atoms with Gasteiger partial charge in [-0.05, 0) is 55.3 Å². The Labute approximate surface area is 299 Å². The topological polar surface area (TPSA) is 126 Å². The molecule has 0 saturated carbocycles. The third-order valence-corrected chi connectivity index (χ3v) is 8.77. The molecule has 3 N–H and O–H groups in total. The van der Waals surface area contributed by atoms with Crippen LogP contribution in [0, 0.1) is 12.7 Å². The number of halogens is 3. The fourth-order valence-corrected chi connectivity index (χ4v) is 5.79. The van der Waals surface area contributed by atoms with E-state index in [1.54, 1.807) is 61.8 Å². The van der Waals surface area contributed by atoms with Crippen LogP contribution >= 0.6 is 23.2 Å². The van der Waals surface area contributed by atoms with Crippen LogP contribution < -0.4 is 25.6 Å². The molecule has 0 aliphatic rings. The summed E-state index contributed by atoms with van der Waals surface area (Å²) in [5, 5.41) is 9.83. The van der Waals surface area contributed by atoms with Crippen molar-refractivity contribution in [2.45, 2.75) is 32.9 Å². The number of anilines is 2. The number of carbonyl (C=O) groups excluding carboxylic acids is 3. The van der Waals surface area contributed by atoms with Gasteiger partial charge in [-0.1, -0.05) is 59.6 Å². The van der Waals surface area contributed by atoms with Crippen molar-refractivity contribution in [3.05, 3.63) is 123 Å². The zero-order chi connectivity index (χ0) is 35.8. The molecule has 0 spiro atoms. The highest BCUT2D eigenvalue weighted by Gasteiger charge is 2.20. The molecule has 0 fully saturated rings. The smallest absolute Gasteiger partial charge is 0.269 e. The first-order valence-corrected chi connectivity index (χ1v) is 16.5. The molecule has 258 valence electrons. The molecule has 0 atom stereocenters. The van der Waals surface area contributed by atoms with Gasteiger partial charge in [-0.3, -0.25) is 19.4 Å². The summed E-state index contributed by atoms with van der Waals surface area (Å²) in [7, 11) is 3.08. The molecule has 5 rings (SSSR count). The van der Waals surface area contributed by atoms with E-state index in [2.05, 4.69) is 20.9 Å². The van der Waals surface area contributed by atoms with E-state index in [-0.39, 0.29) is 54.5 Å². The van der Waals surface area contributed by atoms with Crippen molar-refractivity contribution in [3.8, 4) is 5.75 Å². The first-order valence-electron chi connectivity index (χ1n) is 15.7. The third kappa shape index (κ3) is 8.66. The summed E-state index contributed by atoms with van der Waals surface area (Å²) in [5.41, 5.74) is 4.58. The number of hydrogen-bond acceptors (Lipinski definition) is 7. The molecule has 0 aliphatic heterocycles. The van der Waals surface area contributed by atoms with Gasteiger partial charge < -0.3 is 25.6 Å². The Bertz CT molecular complexity index is 2040. The number of pyridine rings is 2. The van der Waals surface area contributed by atoms with E-state index in [1.807, 2.05) is 25.1 Å². The highest BCUT2D eigenvalue weighted by molar-refractivity contribution is 6.38. The van der Waals surface area contributed by atoms with E-state index < -0.39 is 5.91 Å². The highest BCUT2D eigenvalue weighted by atomic mass is 35.5. The molecule has 3 aromatic carbocycles. The molecular formula is C37H35Cl2FN6O4. The summed E-state index contributed by atoms with van der Waals surface area (Å²) in [4.78, 5) is 47.4. The van der Waals surface area contributed by atoms with Crippen LogP contribution in [0.25, 0.3) is 10.9 Å². The predicted molar refractivity (Wildman–Crippen MR) is 193 cm³/mol. The van der Waals surface area contributed by atoms with E-state index >= 15 is 0 Å². The number of aromatic nitrogens is 2. The number of rotatable bonds is 13. The van der Waals surface area contributed by atoms with Gasteiger partial charge in [0, 0.05) is 66.2 Å². The monoisotopic (exact) mass is 716 g/mol. The Balaban J connectivity index is 1.22. The fraction of sp³-hybridized carbons (Fsp3) is 0.216. The predicted octanol–water partition coefficient (Wildman–Crippen LogP) is 6.65. The van der Waals surface area contributed by atoms with E-state index in [4.69, 9.17) is 32.9 Å². The Kier molecular flexibility index (Phi) is 11.8. The van der Waals surface area contributed by atoms with E-state index in [1.165, 1.54) is 18.0 Å². The summed E-state index contributed by atoms with van der Waals surface area (Å²) in [6.07, 6.45) is 2.07. The average molecular weight is 718 g/mol. The number of hydrogen-bond donors (Lipinski definition) is 3. The summed E-state index contributed by atoms with van der Waals surface area (Å²) < 4.78 is 20.5. The van der Waals surface area contributed by atoms with Crippen LogP contribution in [0.4, 0.5) is 15.8 Å². The van der Waals surface area contributed by atoms with Gasteiger partial charge in [-0.25, -0.2) is 9.37 Å². The van der Waals surface area contributed by atoms with Gasteiger partial charge in [0.1, 0.15) is 29.4 Å². The zero-order valence-corrected chi connectivity index (χ0v) is 29.2. The lowest BCUT2D eigenvalue weighted by atomic mass is 10.1. The molecule has 0 radical (unpaired) electrons. The minimum absolute atomic E-state index is 0.0179. The summed E-state index contributed by atoms with van der Waals surface area (Å²) >= 11 is 13.3. The molecule has 10 nitrogen and oxygen atoms in total. The molecule has 0 saturated heterocycles. The lowest BCUT2D eigenvalue weighted by molar-refractivity contribution is -0.124. The third-order valence-electron chi connectivity index (χ3n) is 7.99.